The van der Waals surface area contributed by atoms with Crippen LogP contribution in [0.4, 0.5) is 5.69 Å². The Balaban J connectivity index is 1.93. The van der Waals surface area contributed by atoms with Crippen molar-refractivity contribution in [2.24, 2.45) is 0 Å². The summed E-state index contributed by atoms with van der Waals surface area (Å²) in [5.74, 6) is 0. The zero-order chi connectivity index (χ0) is 16.2. The zero-order valence-corrected chi connectivity index (χ0v) is 14.9. The third kappa shape index (κ3) is 3.61. The van der Waals surface area contributed by atoms with Crippen LogP contribution in [0.5, 0.6) is 0 Å². The lowest BCUT2D eigenvalue weighted by atomic mass is 9.92. The van der Waals surface area contributed by atoms with Crippen LogP contribution in [0.1, 0.15) is 37.9 Å². The van der Waals surface area contributed by atoms with Gasteiger partial charge in [-0.15, -0.1) is 0 Å². The number of aryl methyl sites for hydroxylation is 1. The van der Waals surface area contributed by atoms with Gasteiger partial charge < -0.3 is 10.2 Å². The van der Waals surface area contributed by atoms with Crippen LogP contribution in [-0.2, 0) is 12.8 Å². The van der Waals surface area contributed by atoms with Gasteiger partial charge in [-0.05, 0) is 62.5 Å². The first-order chi connectivity index (χ1) is 11.2. The second-order valence-corrected chi connectivity index (χ2v) is 6.67. The van der Waals surface area contributed by atoms with Crippen LogP contribution in [0, 0.1) is 0 Å². The van der Waals surface area contributed by atoms with Gasteiger partial charge in [-0.1, -0.05) is 25.4 Å². The number of pyridine rings is 1. The lowest BCUT2D eigenvalue weighted by Gasteiger charge is -2.23. The molecule has 3 nitrogen and oxygen atoms in total. The average molecular weight is 332 g/mol. The number of rotatable bonds is 6. The van der Waals surface area contributed by atoms with Crippen molar-refractivity contribution >= 4 is 28.2 Å². The van der Waals surface area contributed by atoms with Crippen molar-refractivity contribution in [3.05, 3.63) is 34.5 Å². The Bertz CT molecular complexity index is 680. The first kappa shape index (κ1) is 16.5. The molecule has 0 bridgehead atoms. The van der Waals surface area contributed by atoms with E-state index in [0.29, 0.717) is 0 Å². The largest absolute Gasteiger partial charge is 0.383 e. The van der Waals surface area contributed by atoms with Gasteiger partial charge >= 0.3 is 0 Å². The highest BCUT2D eigenvalue weighted by molar-refractivity contribution is 6.31. The molecule has 1 aliphatic rings. The van der Waals surface area contributed by atoms with Gasteiger partial charge in [-0.2, -0.15) is 0 Å². The summed E-state index contributed by atoms with van der Waals surface area (Å²) < 4.78 is 0. The fourth-order valence-electron chi connectivity index (χ4n) is 3.48. The molecule has 0 saturated heterocycles. The number of anilines is 1. The summed E-state index contributed by atoms with van der Waals surface area (Å²) in [6.07, 6.45) is 4.72. The lowest BCUT2D eigenvalue weighted by molar-refractivity contribution is 0.316. The van der Waals surface area contributed by atoms with E-state index in [1.54, 1.807) is 0 Å². The third-order valence-corrected chi connectivity index (χ3v) is 5.08. The Morgan fingerprint density at radius 3 is 2.74 bits per heavy atom. The molecule has 0 fully saturated rings. The van der Waals surface area contributed by atoms with E-state index >= 15 is 0 Å². The van der Waals surface area contributed by atoms with E-state index in [2.05, 4.69) is 30.1 Å². The molecule has 0 saturated carbocycles. The van der Waals surface area contributed by atoms with Crippen LogP contribution in [0.15, 0.2) is 18.2 Å². The molecule has 0 unspecified atom stereocenters. The van der Waals surface area contributed by atoms with E-state index in [4.69, 9.17) is 16.6 Å². The van der Waals surface area contributed by atoms with Crippen LogP contribution in [0.2, 0.25) is 5.02 Å². The maximum Gasteiger partial charge on any atom is 0.0741 e. The normalized spacial score (nSPS) is 14.3. The Labute approximate surface area is 144 Å². The van der Waals surface area contributed by atoms with Crippen molar-refractivity contribution in [1.82, 2.24) is 9.88 Å². The predicted octanol–water partition coefficient (Wildman–Crippen LogP) is 4.52. The monoisotopic (exact) mass is 331 g/mol. The number of benzene rings is 1. The molecule has 0 spiro atoms. The van der Waals surface area contributed by atoms with Crippen molar-refractivity contribution in [1.29, 1.82) is 0 Å². The SMILES string of the molecule is CCN(CC)CCNc1c2c(nc3cc(Cl)ccc13)CCCC2. The van der Waals surface area contributed by atoms with E-state index in [1.807, 2.05) is 12.1 Å². The molecule has 1 aromatic carbocycles. The Morgan fingerprint density at radius 2 is 1.96 bits per heavy atom. The lowest BCUT2D eigenvalue weighted by Crippen LogP contribution is -2.29. The summed E-state index contributed by atoms with van der Waals surface area (Å²) in [5.41, 5.74) is 4.99. The first-order valence-corrected chi connectivity index (χ1v) is 9.18. The third-order valence-electron chi connectivity index (χ3n) is 4.85. The topological polar surface area (TPSA) is 28.2 Å². The predicted molar refractivity (Wildman–Crippen MR) is 99.7 cm³/mol. The van der Waals surface area contributed by atoms with Gasteiger partial charge in [-0.25, -0.2) is 0 Å². The number of hydrogen-bond acceptors (Lipinski definition) is 3. The molecule has 3 rings (SSSR count). The first-order valence-electron chi connectivity index (χ1n) is 8.80. The maximum absolute atomic E-state index is 6.17. The Morgan fingerprint density at radius 1 is 1.17 bits per heavy atom. The number of fused-ring (bicyclic) bond motifs is 2. The molecule has 4 heteroatoms. The number of aromatic nitrogens is 1. The van der Waals surface area contributed by atoms with Gasteiger partial charge in [0.25, 0.3) is 0 Å². The molecular weight excluding hydrogens is 306 g/mol. The zero-order valence-electron chi connectivity index (χ0n) is 14.2. The number of hydrogen-bond donors (Lipinski definition) is 1. The van der Waals surface area contributed by atoms with Gasteiger partial charge in [0.15, 0.2) is 0 Å². The maximum atomic E-state index is 6.17. The molecule has 0 atom stereocenters. The smallest absolute Gasteiger partial charge is 0.0741 e. The standard InChI is InChI=1S/C19H26ClN3/c1-3-23(4-2)12-11-21-19-15-7-5-6-8-17(15)22-18-13-14(20)9-10-16(18)19/h9-10,13H,3-8,11-12H2,1-2H3,(H,21,22). The molecule has 2 aromatic rings. The second-order valence-electron chi connectivity index (χ2n) is 6.23. The van der Waals surface area contributed by atoms with Crippen molar-refractivity contribution in [3.63, 3.8) is 0 Å². The number of nitrogens with one attached hydrogen (secondary N) is 1. The summed E-state index contributed by atoms with van der Waals surface area (Å²) >= 11 is 6.17. The van der Waals surface area contributed by atoms with Gasteiger partial charge in [0.05, 0.1) is 5.52 Å². The summed E-state index contributed by atoms with van der Waals surface area (Å²) in [5, 5.41) is 5.67. The average Bonchev–Trinajstić information content (AvgIpc) is 2.57. The number of likely N-dealkylation sites (N-methyl/N-ethyl adjacent to an activating group) is 1. The highest BCUT2D eigenvalue weighted by Gasteiger charge is 2.18. The van der Waals surface area contributed by atoms with E-state index < -0.39 is 0 Å². The van der Waals surface area contributed by atoms with Crippen LogP contribution >= 0.6 is 11.6 Å². The fraction of sp³-hybridized carbons (Fsp3) is 0.526. The molecule has 1 aliphatic carbocycles. The van der Waals surface area contributed by atoms with Gasteiger partial charge in [0.2, 0.25) is 0 Å². The molecule has 0 aliphatic heterocycles. The van der Waals surface area contributed by atoms with Crippen LogP contribution in [-0.4, -0.2) is 36.1 Å². The van der Waals surface area contributed by atoms with Crippen molar-refractivity contribution in [3.8, 4) is 0 Å². The van der Waals surface area contributed by atoms with Crippen LogP contribution in [0.25, 0.3) is 10.9 Å². The molecular formula is C19H26ClN3. The summed E-state index contributed by atoms with van der Waals surface area (Å²) in [6.45, 7) is 8.67. The van der Waals surface area contributed by atoms with E-state index in [1.165, 1.54) is 35.2 Å². The number of nitrogens with zero attached hydrogens (tertiary/aromatic N) is 2. The highest BCUT2D eigenvalue weighted by Crippen LogP contribution is 2.34. The van der Waals surface area contributed by atoms with Crippen molar-refractivity contribution < 1.29 is 0 Å². The Kier molecular flexibility index (Phi) is 5.39. The molecule has 0 amide bonds. The van der Waals surface area contributed by atoms with E-state index in [-0.39, 0.29) is 0 Å². The molecule has 1 aromatic heterocycles. The van der Waals surface area contributed by atoms with Crippen LogP contribution < -0.4 is 5.32 Å². The fourth-order valence-corrected chi connectivity index (χ4v) is 3.65. The number of halogens is 1. The molecule has 124 valence electrons. The van der Waals surface area contributed by atoms with Gasteiger partial charge in [0.1, 0.15) is 0 Å². The van der Waals surface area contributed by atoms with Gasteiger partial charge in [0, 0.05) is 34.9 Å². The van der Waals surface area contributed by atoms with Crippen LogP contribution in [0.3, 0.4) is 0 Å². The second kappa shape index (κ2) is 7.50. The van der Waals surface area contributed by atoms with Crippen molar-refractivity contribution in [2.45, 2.75) is 39.5 Å². The minimum Gasteiger partial charge on any atom is -0.383 e. The minimum absolute atomic E-state index is 0.759. The molecule has 0 radical (unpaired) electrons. The molecule has 1 N–H and O–H groups in total. The minimum atomic E-state index is 0.759. The summed E-state index contributed by atoms with van der Waals surface area (Å²) in [6, 6.07) is 6.07. The van der Waals surface area contributed by atoms with E-state index in [0.717, 1.165) is 49.6 Å². The van der Waals surface area contributed by atoms with E-state index in [9.17, 15) is 0 Å². The highest BCUT2D eigenvalue weighted by atomic mass is 35.5. The molecule has 1 heterocycles. The molecule has 23 heavy (non-hydrogen) atoms. The van der Waals surface area contributed by atoms with Crippen molar-refractivity contribution in [2.75, 3.05) is 31.5 Å². The summed E-state index contributed by atoms with van der Waals surface area (Å²) in [7, 11) is 0. The summed E-state index contributed by atoms with van der Waals surface area (Å²) in [4.78, 5) is 7.32. The quantitative estimate of drug-likeness (QED) is 0.843. The Hall–Kier alpha value is -1.32. The van der Waals surface area contributed by atoms with Gasteiger partial charge in [-0.3, -0.25) is 4.98 Å².